The number of aromatic amines is 3. The van der Waals surface area contributed by atoms with Crippen molar-refractivity contribution in [2.45, 2.75) is 0 Å². The Morgan fingerprint density at radius 1 is 1.35 bits per heavy atom. The summed E-state index contributed by atoms with van der Waals surface area (Å²) in [6.45, 7) is 3.64. The molecule has 84 valence electrons. The van der Waals surface area contributed by atoms with Crippen LogP contribution in [0, 0.1) is 0 Å². The Morgan fingerprint density at radius 3 is 3.00 bits per heavy atom. The molecule has 3 aromatic rings. The van der Waals surface area contributed by atoms with Gasteiger partial charge in [-0.25, -0.2) is 4.98 Å². The van der Waals surface area contributed by atoms with Crippen molar-refractivity contribution in [3.8, 4) is 0 Å². The molecule has 0 saturated carbocycles. The normalized spacial score (nSPS) is 12.4. The van der Waals surface area contributed by atoms with Crippen molar-refractivity contribution in [1.82, 2.24) is 19.9 Å². The maximum atomic E-state index is 11.5. The highest BCUT2D eigenvalue weighted by Crippen LogP contribution is 2.15. The van der Waals surface area contributed by atoms with Crippen molar-refractivity contribution in [3.63, 3.8) is 0 Å². The van der Waals surface area contributed by atoms with E-state index in [0.717, 1.165) is 16.6 Å². The van der Waals surface area contributed by atoms with E-state index in [2.05, 4.69) is 26.5 Å². The number of hydrogen-bond donors (Lipinski definition) is 3. The van der Waals surface area contributed by atoms with Crippen LogP contribution in [-0.4, -0.2) is 19.9 Å². The molecule has 3 aromatic heterocycles. The summed E-state index contributed by atoms with van der Waals surface area (Å²) in [6, 6.07) is 3.81. The number of H-pyrrole nitrogens is 3. The van der Waals surface area contributed by atoms with Crippen molar-refractivity contribution in [1.29, 1.82) is 0 Å². The molecule has 17 heavy (non-hydrogen) atoms. The molecule has 0 aromatic carbocycles. The van der Waals surface area contributed by atoms with Gasteiger partial charge in [0.2, 0.25) is 0 Å². The van der Waals surface area contributed by atoms with Crippen LogP contribution in [0.1, 0.15) is 5.56 Å². The summed E-state index contributed by atoms with van der Waals surface area (Å²) in [5.41, 5.74) is 2.05. The molecule has 0 spiro atoms. The second-order valence-electron chi connectivity index (χ2n) is 3.76. The van der Waals surface area contributed by atoms with Crippen molar-refractivity contribution < 1.29 is 0 Å². The van der Waals surface area contributed by atoms with Crippen LogP contribution in [0.3, 0.4) is 0 Å². The van der Waals surface area contributed by atoms with Crippen molar-refractivity contribution in [3.05, 3.63) is 51.3 Å². The predicted octanol–water partition coefficient (Wildman–Crippen LogP) is -0.182. The highest BCUT2D eigenvalue weighted by molar-refractivity contribution is 5.85. The van der Waals surface area contributed by atoms with E-state index >= 15 is 0 Å². The maximum absolute atomic E-state index is 11.5. The lowest BCUT2D eigenvalue weighted by Crippen LogP contribution is -2.22. The average Bonchev–Trinajstić information content (AvgIpc) is 2.85. The molecule has 5 nitrogen and oxygen atoms in total. The minimum Gasteiger partial charge on any atom is -0.346 e. The van der Waals surface area contributed by atoms with E-state index < -0.39 is 0 Å². The fourth-order valence-electron chi connectivity index (χ4n) is 1.81. The van der Waals surface area contributed by atoms with Gasteiger partial charge in [0.05, 0.1) is 0 Å². The third kappa shape index (κ3) is 1.57. The lowest BCUT2D eigenvalue weighted by Gasteiger charge is -1.88. The first-order chi connectivity index (χ1) is 8.24. The first kappa shape index (κ1) is 9.65. The van der Waals surface area contributed by atoms with Gasteiger partial charge in [0.25, 0.3) is 5.56 Å². The molecule has 5 heteroatoms. The van der Waals surface area contributed by atoms with Gasteiger partial charge in [-0.15, -0.1) is 0 Å². The van der Waals surface area contributed by atoms with Crippen LogP contribution in [0.5, 0.6) is 0 Å². The predicted molar refractivity (Wildman–Crippen MR) is 65.8 cm³/mol. The smallest absolute Gasteiger partial charge is 0.273 e. The monoisotopic (exact) mass is 226 g/mol. The van der Waals surface area contributed by atoms with Gasteiger partial charge in [-0.3, -0.25) is 4.79 Å². The zero-order valence-electron chi connectivity index (χ0n) is 8.95. The third-order valence-corrected chi connectivity index (χ3v) is 2.58. The van der Waals surface area contributed by atoms with E-state index in [1.54, 1.807) is 12.3 Å². The standard InChI is InChI=1S/C12H10N4O/c1-7-15-10(12(17)16-7)5-8-6-14-11-9(8)3-2-4-13-11/h2-6,15H,1H2,(H,13,14)(H,16,17). The van der Waals surface area contributed by atoms with Crippen LogP contribution in [0.25, 0.3) is 23.7 Å². The molecule has 0 unspecified atom stereocenters. The number of pyridine rings is 1. The second-order valence-corrected chi connectivity index (χ2v) is 3.76. The molecular formula is C12H10N4O. The number of nitrogens with zero attached hydrogens (tertiary/aromatic N) is 1. The van der Waals surface area contributed by atoms with E-state index in [4.69, 9.17) is 0 Å². The number of imidazole rings is 1. The Hall–Kier alpha value is -2.56. The zero-order valence-corrected chi connectivity index (χ0v) is 8.95. The number of rotatable bonds is 1. The zero-order chi connectivity index (χ0) is 11.8. The van der Waals surface area contributed by atoms with Crippen LogP contribution < -0.4 is 16.4 Å². The molecule has 0 aliphatic heterocycles. The van der Waals surface area contributed by atoms with Crippen molar-refractivity contribution in [2.75, 3.05) is 0 Å². The molecule has 0 saturated heterocycles. The SMILES string of the molecule is C=c1[nH]c(=O)c(=Cc2c[nH]c3ncccc23)[nH]1. The molecule has 0 atom stereocenters. The minimum absolute atomic E-state index is 0.173. The molecule has 0 fully saturated rings. The quantitative estimate of drug-likeness (QED) is 0.538. The summed E-state index contributed by atoms with van der Waals surface area (Å²) >= 11 is 0. The Bertz CT molecular complexity index is 837. The topological polar surface area (TPSA) is 77.3 Å². The Morgan fingerprint density at radius 2 is 2.24 bits per heavy atom. The first-order valence-corrected chi connectivity index (χ1v) is 5.15. The number of hydrogen-bond acceptors (Lipinski definition) is 2. The maximum Gasteiger partial charge on any atom is 0.273 e. The molecule has 3 heterocycles. The largest absolute Gasteiger partial charge is 0.346 e. The van der Waals surface area contributed by atoms with Gasteiger partial charge in [-0.05, 0) is 18.2 Å². The summed E-state index contributed by atoms with van der Waals surface area (Å²) in [5, 5.41) is 1.46. The highest BCUT2D eigenvalue weighted by Gasteiger charge is 2.01. The van der Waals surface area contributed by atoms with E-state index in [9.17, 15) is 4.79 Å². The molecule has 0 aliphatic carbocycles. The fraction of sp³-hybridized carbons (Fsp3) is 0. The molecular weight excluding hydrogens is 216 g/mol. The molecule has 0 aliphatic rings. The lowest BCUT2D eigenvalue weighted by molar-refractivity contribution is 1.19. The molecule has 0 amide bonds. The fourth-order valence-corrected chi connectivity index (χ4v) is 1.81. The molecule has 0 bridgehead atoms. The van der Waals surface area contributed by atoms with Crippen molar-refractivity contribution >= 4 is 23.7 Å². The summed E-state index contributed by atoms with van der Waals surface area (Å²) < 4.78 is 0. The van der Waals surface area contributed by atoms with Gasteiger partial charge < -0.3 is 15.0 Å². The summed E-state index contributed by atoms with van der Waals surface area (Å²) in [6.07, 6.45) is 5.31. The van der Waals surface area contributed by atoms with Crippen LogP contribution in [0.15, 0.2) is 29.3 Å². The first-order valence-electron chi connectivity index (χ1n) is 5.15. The van der Waals surface area contributed by atoms with E-state index in [-0.39, 0.29) is 5.56 Å². The number of fused-ring (bicyclic) bond motifs is 1. The summed E-state index contributed by atoms with van der Waals surface area (Å²) in [5.74, 6) is 0. The Balaban J connectivity index is 2.31. The van der Waals surface area contributed by atoms with Gasteiger partial charge in [-0.1, -0.05) is 6.58 Å². The van der Waals surface area contributed by atoms with E-state index in [1.807, 2.05) is 18.3 Å². The minimum atomic E-state index is -0.173. The molecule has 0 radical (unpaired) electrons. The second kappa shape index (κ2) is 3.48. The average molecular weight is 226 g/mol. The van der Waals surface area contributed by atoms with E-state index in [0.29, 0.717) is 10.8 Å². The van der Waals surface area contributed by atoms with Gasteiger partial charge in [0.1, 0.15) is 16.5 Å². The van der Waals surface area contributed by atoms with Gasteiger partial charge in [-0.2, -0.15) is 0 Å². The van der Waals surface area contributed by atoms with Crippen LogP contribution in [0.2, 0.25) is 0 Å². The summed E-state index contributed by atoms with van der Waals surface area (Å²) in [4.78, 5) is 24.2. The molecule has 3 N–H and O–H groups in total. The highest BCUT2D eigenvalue weighted by atomic mass is 16.1. The Kier molecular flexibility index (Phi) is 1.98. The van der Waals surface area contributed by atoms with Crippen molar-refractivity contribution in [2.24, 2.45) is 0 Å². The lowest BCUT2D eigenvalue weighted by atomic mass is 10.2. The van der Waals surface area contributed by atoms with Gasteiger partial charge in [0, 0.05) is 23.3 Å². The van der Waals surface area contributed by atoms with Crippen LogP contribution >= 0.6 is 0 Å². The van der Waals surface area contributed by atoms with Crippen LogP contribution in [0.4, 0.5) is 0 Å². The summed E-state index contributed by atoms with van der Waals surface area (Å²) in [7, 11) is 0. The third-order valence-electron chi connectivity index (χ3n) is 2.58. The molecule has 3 rings (SSSR count). The number of aromatic nitrogens is 4. The van der Waals surface area contributed by atoms with Gasteiger partial charge >= 0.3 is 0 Å². The van der Waals surface area contributed by atoms with Crippen LogP contribution in [-0.2, 0) is 0 Å². The van der Waals surface area contributed by atoms with E-state index in [1.165, 1.54) is 0 Å². The Labute approximate surface area is 95.5 Å². The van der Waals surface area contributed by atoms with Gasteiger partial charge in [0.15, 0.2) is 0 Å². The number of nitrogens with one attached hydrogen (secondary N) is 3.